The molecule has 108 valence electrons. The van der Waals surface area contributed by atoms with E-state index in [4.69, 9.17) is 5.73 Å². The molecule has 0 aromatic heterocycles. The lowest BCUT2D eigenvalue weighted by atomic mass is 10.2. The van der Waals surface area contributed by atoms with Crippen molar-refractivity contribution in [3.63, 3.8) is 0 Å². The standard InChI is InChI=1S/C12H19FN2O2S2/c1-4-18-7-9(3)15-19(16,17)10-5-8(2)12(13)11(14)6-10/h5-6,9,15H,4,7,14H2,1-3H3. The summed E-state index contributed by atoms with van der Waals surface area (Å²) < 4.78 is 40.2. The lowest BCUT2D eigenvalue weighted by molar-refractivity contribution is 0.570. The highest BCUT2D eigenvalue weighted by Crippen LogP contribution is 2.21. The molecule has 0 spiro atoms. The van der Waals surface area contributed by atoms with Gasteiger partial charge in [-0.25, -0.2) is 17.5 Å². The smallest absolute Gasteiger partial charge is 0.240 e. The molecule has 19 heavy (non-hydrogen) atoms. The predicted octanol–water partition coefficient (Wildman–Crippen LogP) is 2.14. The number of nitrogens with two attached hydrogens (primary N) is 1. The van der Waals surface area contributed by atoms with Gasteiger partial charge in [-0.1, -0.05) is 6.92 Å². The summed E-state index contributed by atoms with van der Waals surface area (Å²) in [5, 5.41) is 0. The van der Waals surface area contributed by atoms with E-state index in [0.29, 0.717) is 5.75 Å². The molecule has 0 saturated heterocycles. The Hall–Kier alpha value is -0.790. The van der Waals surface area contributed by atoms with Crippen LogP contribution < -0.4 is 10.5 Å². The number of nitrogens with one attached hydrogen (secondary N) is 1. The lowest BCUT2D eigenvalue weighted by Gasteiger charge is -2.14. The minimum Gasteiger partial charge on any atom is -0.396 e. The van der Waals surface area contributed by atoms with E-state index >= 15 is 0 Å². The van der Waals surface area contributed by atoms with Gasteiger partial charge >= 0.3 is 0 Å². The first-order valence-corrected chi connectivity index (χ1v) is 8.57. The molecule has 0 amide bonds. The third kappa shape index (κ3) is 4.36. The van der Waals surface area contributed by atoms with Gasteiger partial charge in [-0.05, 0) is 37.3 Å². The van der Waals surface area contributed by atoms with Crippen LogP contribution in [0.25, 0.3) is 0 Å². The zero-order valence-corrected chi connectivity index (χ0v) is 12.9. The highest BCUT2D eigenvalue weighted by molar-refractivity contribution is 7.99. The van der Waals surface area contributed by atoms with Crippen LogP contribution in [0.15, 0.2) is 17.0 Å². The van der Waals surface area contributed by atoms with E-state index in [2.05, 4.69) is 4.72 Å². The van der Waals surface area contributed by atoms with E-state index < -0.39 is 15.8 Å². The van der Waals surface area contributed by atoms with Gasteiger partial charge in [-0.3, -0.25) is 0 Å². The van der Waals surface area contributed by atoms with Crippen molar-refractivity contribution >= 4 is 27.5 Å². The zero-order chi connectivity index (χ0) is 14.6. The first-order valence-electron chi connectivity index (χ1n) is 5.93. The summed E-state index contributed by atoms with van der Waals surface area (Å²) >= 11 is 1.65. The van der Waals surface area contributed by atoms with Crippen LogP contribution in [0.3, 0.4) is 0 Å². The van der Waals surface area contributed by atoms with Gasteiger partial charge in [0.2, 0.25) is 10.0 Å². The van der Waals surface area contributed by atoms with Crippen LogP contribution in [-0.2, 0) is 10.0 Å². The summed E-state index contributed by atoms with van der Waals surface area (Å²) in [6.07, 6.45) is 0. The van der Waals surface area contributed by atoms with Gasteiger partial charge in [0.25, 0.3) is 0 Å². The number of thioether (sulfide) groups is 1. The molecule has 0 radical (unpaired) electrons. The summed E-state index contributed by atoms with van der Waals surface area (Å²) in [7, 11) is -3.66. The predicted molar refractivity (Wildman–Crippen MR) is 78.3 cm³/mol. The third-order valence-electron chi connectivity index (χ3n) is 2.49. The molecule has 1 unspecified atom stereocenters. The third-order valence-corrected chi connectivity index (χ3v) is 5.21. The Balaban J connectivity index is 2.95. The normalized spacial score (nSPS) is 13.5. The van der Waals surface area contributed by atoms with Crippen LogP contribution in [0, 0.1) is 12.7 Å². The SMILES string of the molecule is CCSCC(C)NS(=O)(=O)c1cc(C)c(F)c(N)c1. The van der Waals surface area contributed by atoms with Crippen LogP contribution >= 0.6 is 11.8 Å². The van der Waals surface area contributed by atoms with Gasteiger partial charge in [-0.2, -0.15) is 11.8 Å². The molecule has 0 aliphatic rings. The first kappa shape index (κ1) is 16.3. The fourth-order valence-electron chi connectivity index (χ4n) is 1.58. The zero-order valence-electron chi connectivity index (χ0n) is 11.2. The molecule has 0 bridgehead atoms. The number of aryl methyl sites for hydroxylation is 1. The minimum absolute atomic E-state index is 0.00255. The Morgan fingerprint density at radius 3 is 2.63 bits per heavy atom. The molecule has 0 fully saturated rings. The van der Waals surface area contributed by atoms with Crippen molar-refractivity contribution in [1.82, 2.24) is 4.72 Å². The van der Waals surface area contributed by atoms with Crippen LogP contribution in [0.1, 0.15) is 19.4 Å². The van der Waals surface area contributed by atoms with Gasteiger partial charge in [0.15, 0.2) is 0 Å². The second kappa shape index (κ2) is 6.58. The molecule has 1 aromatic carbocycles. The maximum absolute atomic E-state index is 13.4. The van der Waals surface area contributed by atoms with Crippen molar-refractivity contribution in [2.75, 3.05) is 17.2 Å². The van der Waals surface area contributed by atoms with Crippen molar-refractivity contribution in [2.24, 2.45) is 0 Å². The molecule has 4 nitrogen and oxygen atoms in total. The Morgan fingerprint density at radius 1 is 1.47 bits per heavy atom. The van der Waals surface area contributed by atoms with E-state index in [0.717, 1.165) is 11.8 Å². The fraction of sp³-hybridized carbons (Fsp3) is 0.500. The molecule has 3 N–H and O–H groups in total. The Kier molecular flexibility index (Phi) is 5.64. The van der Waals surface area contributed by atoms with Crippen molar-refractivity contribution in [2.45, 2.75) is 31.7 Å². The van der Waals surface area contributed by atoms with E-state index in [1.165, 1.54) is 13.0 Å². The monoisotopic (exact) mass is 306 g/mol. The number of nitrogen functional groups attached to an aromatic ring is 1. The van der Waals surface area contributed by atoms with E-state index in [1.54, 1.807) is 18.7 Å². The average Bonchev–Trinajstić information content (AvgIpc) is 2.32. The summed E-state index contributed by atoms with van der Waals surface area (Å²) in [4.78, 5) is -0.00255. The quantitative estimate of drug-likeness (QED) is 0.790. The number of sulfonamides is 1. The second-order valence-electron chi connectivity index (χ2n) is 4.33. The van der Waals surface area contributed by atoms with Gasteiger partial charge in [0.05, 0.1) is 10.6 Å². The minimum atomic E-state index is -3.66. The molecule has 1 rings (SSSR count). The van der Waals surface area contributed by atoms with Gasteiger partial charge < -0.3 is 5.73 Å². The number of anilines is 1. The maximum Gasteiger partial charge on any atom is 0.240 e. The van der Waals surface area contributed by atoms with Crippen molar-refractivity contribution in [1.29, 1.82) is 0 Å². The van der Waals surface area contributed by atoms with Crippen LogP contribution in [0.2, 0.25) is 0 Å². The first-order chi connectivity index (χ1) is 8.77. The largest absolute Gasteiger partial charge is 0.396 e. The number of hydrogen-bond acceptors (Lipinski definition) is 4. The molecule has 0 aliphatic heterocycles. The lowest BCUT2D eigenvalue weighted by Crippen LogP contribution is -2.34. The Morgan fingerprint density at radius 2 is 2.11 bits per heavy atom. The van der Waals surface area contributed by atoms with E-state index in [1.807, 2.05) is 6.92 Å². The number of hydrogen-bond donors (Lipinski definition) is 2. The molecule has 1 atom stereocenters. The highest BCUT2D eigenvalue weighted by atomic mass is 32.2. The Labute approximate surface area is 118 Å². The number of rotatable bonds is 6. The fourth-order valence-corrected chi connectivity index (χ4v) is 3.72. The van der Waals surface area contributed by atoms with Crippen molar-refractivity contribution in [3.05, 3.63) is 23.5 Å². The van der Waals surface area contributed by atoms with E-state index in [-0.39, 0.29) is 22.2 Å². The molecule has 0 aliphatic carbocycles. The average molecular weight is 306 g/mol. The van der Waals surface area contributed by atoms with Gasteiger partial charge in [0, 0.05) is 11.8 Å². The van der Waals surface area contributed by atoms with Crippen LogP contribution in [0.5, 0.6) is 0 Å². The highest BCUT2D eigenvalue weighted by Gasteiger charge is 2.19. The van der Waals surface area contributed by atoms with E-state index in [9.17, 15) is 12.8 Å². The maximum atomic E-state index is 13.4. The summed E-state index contributed by atoms with van der Waals surface area (Å²) in [6.45, 7) is 5.29. The van der Waals surface area contributed by atoms with Crippen LogP contribution in [-0.4, -0.2) is 26.0 Å². The molecule has 0 saturated carbocycles. The number of halogens is 1. The Bertz CT molecular complexity index is 524. The molecular formula is C12H19FN2O2S2. The molecule has 0 heterocycles. The number of benzene rings is 1. The molecular weight excluding hydrogens is 287 g/mol. The summed E-state index contributed by atoms with van der Waals surface area (Å²) in [6, 6.07) is 2.24. The van der Waals surface area contributed by atoms with Crippen molar-refractivity contribution in [3.8, 4) is 0 Å². The molecule has 7 heteroatoms. The summed E-state index contributed by atoms with van der Waals surface area (Å²) in [5.41, 5.74) is 5.52. The van der Waals surface area contributed by atoms with Crippen molar-refractivity contribution < 1.29 is 12.8 Å². The topological polar surface area (TPSA) is 72.2 Å². The summed E-state index contributed by atoms with van der Waals surface area (Å²) in [5.74, 6) is 1.04. The molecule has 1 aromatic rings. The van der Waals surface area contributed by atoms with Gasteiger partial charge in [0.1, 0.15) is 5.82 Å². The van der Waals surface area contributed by atoms with Gasteiger partial charge in [-0.15, -0.1) is 0 Å². The second-order valence-corrected chi connectivity index (χ2v) is 7.36. The van der Waals surface area contributed by atoms with Crippen LogP contribution in [0.4, 0.5) is 10.1 Å².